The lowest BCUT2D eigenvalue weighted by Crippen LogP contribution is -2.27. The van der Waals surface area contributed by atoms with Crippen molar-refractivity contribution in [3.63, 3.8) is 0 Å². The molecule has 3 rings (SSSR count). The van der Waals surface area contributed by atoms with E-state index in [9.17, 15) is 4.79 Å². The highest BCUT2D eigenvalue weighted by Gasteiger charge is 2.08. The van der Waals surface area contributed by atoms with Crippen LogP contribution in [-0.4, -0.2) is 22.6 Å². The van der Waals surface area contributed by atoms with E-state index in [0.717, 1.165) is 16.3 Å². The molecule has 0 saturated heterocycles. The van der Waals surface area contributed by atoms with Crippen molar-refractivity contribution in [2.75, 3.05) is 6.54 Å². The summed E-state index contributed by atoms with van der Waals surface area (Å²) in [5, 5.41) is 9.74. The third-order valence-corrected chi connectivity index (χ3v) is 4.23. The molecule has 0 fully saturated rings. The average Bonchev–Trinajstić information content (AvgIpc) is 3.17. The molecule has 23 heavy (non-hydrogen) atoms. The highest BCUT2D eigenvalue weighted by Crippen LogP contribution is 2.23. The van der Waals surface area contributed by atoms with Crippen LogP contribution in [-0.2, 0) is 17.6 Å². The molecule has 0 atom stereocenters. The molecule has 0 unspecified atom stereocenters. The van der Waals surface area contributed by atoms with Gasteiger partial charge in [-0.25, -0.2) is 4.98 Å². The SMILES string of the molecule is Cc1cc(CC(=O)NCCc2csc(-c3ccccc3)n2)no1. The van der Waals surface area contributed by atoms with Gasteiger partial charge in [0.1, 0.15) is 10.8 Å². The quantitative estimate of drug-likeness (QED) is 0.756. The van der Waals surface area contributed by atoms with Crippen molar-refractivity contribution in [1.29, 1.82) is 0 Å². The van der Waals surface area contributed by atoms with Crippen LogP contribution in [0.4, 0.5) is 0 Å². The number of hydrogen-bond acceptors (Lipinski definition) is 5. The van der Waals surface area contributed by atoms with Gasteiger partial charge in [-0.15, -0.1) is 11.3 Å². The third-order valence-electron chi connectivity index (χ3n) is 3.29. The molecule has 0 aliphatic rings. The van der Waals surface area contributed by atoms with Gasteiger partial charge in [0.15, 0.2) is 0 Å². The fourth-order valence-corrected chi connectivity index (χ4v) is 3.05. The van der Waals surface area contributed by atoms with E-state index in [1.54, 1.807) is 24.3 Å². The number of amides is 1. The van der Waals surface area contributed by atoms with E-state index in [4.69, 9.17) is 4.52 Å². The number of hydrogen-bond donors (Lipinski definition) is 1. The van der Waals surface area contributed by atoms with Crippen molar-refractivity contribution in [2.24, 2.45) is 0 Å². The minimum atomic E-state index is -0.0585. The summed E-state index contributed by atoms with van der Waals surface area (Å²) in [6.45, 7) is 2.37. The summed E-state index contributed by atoms with van der Waals surface area (Å²) in [4.78, 5) is 16.4. The van der Waals surface area contributed by atoms with E-state index in [2.05, 4.69) is 15.5 Å². The molecule has 2 aromatic heterocycles. The van der Waals surface area contributed by atoms with E-state index in [-0.39, 0.29) is 12.3 Å². The van der Waals surface area contributed by atoms with Crippen LogP contribution in [0, 0.1) is 6.92 Å². The Morgan fingerprint density at radius 1 is 1.26 bits per heavy atom. The second-order valence-corrected chi connectivity index (χ2v) is 6.07. The molecule has 0 bridgehead atoms. The maximum Gasteiger partial charge on any atom is 0.226 e. The summed E-state index contributed by atoms with van der Waals surface area (Å²) < 4.78 is 4.95. The molecule has 0 aliphatic carbocycles. The fourth-order valence-electron chi connectivity index (χ4n) is 2.19. The molecule has 5 nitrogen and oxygen atoms in total. The zero-order valence-electron chi connectivity index (χ0n) is 12.8. The van der Waals surface area contributed by atoms with E-state index < -0.39 is 0 Å². The first-order chi connectivity index (χ1) is 11.2. The molecule has 1 N–H and O–H groups in total. The van der Waals surface area contributed by atoms with Crippen LogP contribution < -0.4 is 5.32 Å². The molecular weight excluding hydrogens is 310 g/mol. The fraction of sp³-hybridized carbons (Fsp3) is 0.235. The van der Waals surface area contributed by atoms with Crippen LogP contribution in [0.25, 0.3) is 10.6 Å². The van der Waals surface area contributed by atoms with Crippen LogP contribution in [0.3, 0.4) is 0 Å². The highest BCUT2D eigenvalue weighted by molar-refractivity contribution is 7.13. The summed E-state index contributed by atoms with van der Waals surface area (Å²) in [5.74, 6) is 0.653. The number of thiazole rings is 1. The maximum absolute atomic E-state index is 11.8. The van der Waals surface area contributed by atoms with Crippen LogP contribution in [0.15, 0.2) is 46.3 Å². The minimum absolute atomic E-state index is 0.0585. The van der Waals surface area contributed by atoms with E-state index >= 15 is 0 Å². The summed E-state index contributed by atoms with van der Waals surface area (Å²) >= 11 is 1.62. The van der Waals surface area contributed by atoms with Crippen LogP contribution in [0.1, 0.15) is 17.1 Å². The molecule has 0 aliphatic heterocycles. The van der Waals surface area contributed by atoms with Crippen molar-refractivity contribution < 1.29 is 9.32 Å². The minimum Gasteiger partial charge on any atom is -0.361 e. The molecular formula is C17H17N3O2S. The number of nitrogens with one attached hydrogen (secondary N) is 1. The van der Waals surface area contributed by atoms with Crippen molar-refractivity contribution in [1.82, 2.24) is 15.5 Å². The zero-order chi connectivity index (χ0) is 16.1. The average molecular weight is 327 g/mol. The van der Waals surface area contributed by atoms with Gasteiger partial charge in [0.05, 0.1) is 17.8 Å². The standard InChI is InChI=1S/C17H17N3O2S/c1-12-9-15(20-22-12)10-16(21)18-8-7-14-11-23-17(19-14)13-5-3-2-4-6-13/h2-6,9,11H,7-8,10H2,1H3,(H,18,21). The lowest BCUT2D eigenvalue weighted by atomic mass is 10.2. The second kappa shape index (κ2) is 7.19. The number of carbonyl (C=O) groups is 1. The Labute approximate surface area is 138 Å². The molecule has 1 aromatic carbocycles. The van der Waals surface area contributed by atoms with Gasteiger partial charge >= 0.3 is 0 Å². The van der Waals surface area contributed by atoms with Gasteiger partial charge in [-0.2, -0.15) is 0 Å². The van der Waals surface area contributed by atoms with Gasteiger partial charge in [0.25, 0.3) is 0 Å². The molecule has 2 heterocycles. The van der Waals surface area contributed by atoms with E-state index in [0.29, 0.717) is 24.4 Å². The van der Waals surface area contributed by atoms with Crippen LogP contribution in [0.2, 0.25) is 0 Å². The lowest BCUT2D eigenvalue weighted by Gasteiger charge is -2.02. The second-order valence-electron chi connectivity index (χ2n) is 5.22. The summed E-state index contributed by atoms with van der Waals surface area (Å²) in [6, 6.07) is 11.9. The van der Waals surface area contributed by atoms with E-state index in [1.165, 1.54) is 0 Å². The Morgan fingerprint density at radius 2 is 2.09 bits per heavy atom. The number of carbonyl (C=O) groups excluding carboxylic acids is 1. The zero-order valence-corrected chi connectivity index (χ0v) is 13.6. The topological polar surface area (TPSA) is 68.0 Å². The van der Waals surface area contributed by atoms with E-state index in [1.807, 2.05) is 35.7 Å². The molecule has 0 spiro atoms. The Hall–Kier alpha value is -2.47. The number of aryl methyl sites for hydroxylation is 1. The Morgan fingerprint density at radius 3 is 2.83 bits per heavy atom. The Kier molecular flexibility index (Phi) is 4.83. The normalized spacial score (nSPS) is 10.7. The number of benzene rings is 1. The van der Waals surface area contributed by atoms with Gasteiger partial charge in [-0.1, -0.05) is 35.5 Å². The molecule has 1 amide bonds. The smallest absolute Gasteiger partial charge is 0.226 e. The highest BCUT2D eigenvalue weighted by atomic mass is 32.1. The summed E-state index contributed by atoms with van der Waals surface area (Å²) in [5.41, 5.74) is 2.76. The van der Waals surface area contributed by atoms with Crippen LogP contribution >= 0.6 is 11.3 Å². The van der Waals surface area contributed by atoms with Crippen LogP contribution in [0.5, 0.6) is 0 Å². The number of nitrogens with zero attached hydrogens (tertiary/aromatic N) is 2. The van der Waals surface area contributed by atoms with Crippen molar-refractivity contribution >= 4 is 17.2 Å². The molecule has 118 valence electrons. The summed E-state index contributed by atoms with van der Waals surface area (Å²) in [7, 11) is 0. The largest absolute Gasteiger partial charge is 0.361 e. The maximum atomic E-state index is 11.8. The van der Waals surface area contributed by atoms with Gasteiger partial charge in [-0.3, -0.25) is 4.79 Å². The number of aromatic nitrogens is 2. The lowest BCUT2D eigenvalue weighted by molar-refractivity contribution is -0.120. The molecule has 0 radical (unpaired) electrons. The predicted octanol–water partition coefficient (Wildman–Crippen LogP) is 3.01. The van der Waals surface area contributed by atoms with Crippen molar-refractivity contribution in [3.05, 3.63) is 58.9 Å². The first-order valence-electron chi connectivity index (χ1n) is 7.39. The van der Waals surface area contributed by atoms with Crippen molar-refractivity contribution in [3.8, 4) is 10.6 Å². The summed E-state index contributed by atoms with van der Waals surface area (Å²) in [6.07, 6.45) is 0.955. The monoisotopic (exact) mass is 327 g/mol. The van der Waals surface area contributed by atoms with Gasteiger partial charge in [-0.05, 0) is 6.92 Å². The molecule has 6 heteroatoms. The molecule has 3 aromatic rings. The number of rotatable bonds is 6. The Balaban J connectivity index is 1.47. The van der Waals surface area contributed by atoms with Gasteiger partial charge in [0, 0.05) is 30.0 Å². The third kappa shape index (κ3) is 4.26. The van der Waals surface area contributed by atoms with Crippen molar-refractivity contribution in [2.45, 2.75) is 19.8 Å². The van der Waals surface area contributed by atoms with Gasteiger partial charge < -0.3 is 9.84 Å². The van der Waals surface area contributed by atoms with Gasteiger partial charge in [0.2, 0.25) is 5.91 Å². The molecule has 0 saturated carbocycles. The predicted molar refractivity (Wildman–Crippen MR) is 89.2 cm³/mol. The first-order valence-corrected chi connectivity index (χ1v) is 8.27. The Bertz CT molecular complexity index is 780. The first kappa shape index (κ1) is 15.4.